The molecule has 0 bridgehead atoms. The monoisotopic (exact) mass is 532 g/mol. The highest BCUT2D eigenvalue weighted by molar-refractivity contribution is 7.48. The Hall–Kier alpha value is -3.20. The zero-order valence-corrected chi connectivity index (χ0v) is 22.5. The van der Waals surface area contributed by atoms with Crippen LogP contribution in [0, 0.1) is 5.41 Å². The Bertz CT molecular complexity index is 1210. The average Bonchev–Trinajstić information content (AvgIpc) is 3.31. The lowest BCUT2D eigenvalue weighted by molar-refractivity contribution is -0.159. The number of benzene rings is 2. The second-order valence-electron chi connectivity index (χ2n) is 9.01. The molecule has 1 amide bonds. The fourth-order valence-corrected chi connectivity index (χ4v) is 4.08. The van der Waals surface area contributed by atoms with E-state index in [2.05, 4.69) is 10.3 Å². The minimum atomic E-state index is -2.62. The molecule has 1 N–H and O–H groups in total. The topological polar surface area (TPSA) is 113 Å². The zero-order chi connectivity index (χ0) is 26.3. The van der Waals surface area contributed by atoms with Crippen LogP contribution in [0.4, 0.5) is 5.13 Å². The Kier molecular flexibility index (Phi) is 9.25. The molecule has 0 aliphatic heterocycles. The van der Waals surface area contributed by atoms with Crippen LogP contribution in [0.2, 0.25) is 0 Å². The maximum absolute atomic E-state index is 12.7. The fraction of sp³-hybridized carbons (Fsp3) is 0.320. The molecule has 0 spiro atoms. The van der Waals surface area contributed by atoms with Gasteiger partial charge >= 0.3 is 5.97 Å². The minimum Gasteiger partial charge on any atom is -0.491 e. The summed E-state index contributed by atoms with van der Waals surface area (Å²) in [6, 6.07) is 11.4. The van der Waals surface area contributed by atoms with Gasteiger partial charge in [-0.1, -0.05) is 0 Å². The third-order valence-corrected chi connectivity index (χ3v) is 6.36. The van der Waals surface area contributed by atoms with Gasteiger partial charge in [-0.25, -0.2) is 4.98 Å². The second kappa shape index (κ2) is 12.2. The lowest BCUT2D eigenvalue weighted by atomic mass is 9.98. The van der Waals surface area contributed by atoms with E-state index in [1.54, 1.807) is 74.8 Å². The molecule has 0 saturated carbocycles. The van der Waals surface area contributed by atoms with E-state index >= 15 is 0 Å². The van der Waals surface area contributed by atoms with Crippen LogP contribution in [0.5, 0.6) is 17.2 Å². The van der Waals surface area contributed by atoms with Gasteiger partial charge in [0.2, 0.25) is 8.03 Å². The van der Waals surface area contributed by atoms with Crippen molar-refractivity contribution in [3.8, 4) is 17.2 Å². The number of anilines is 1. The van der Waals surface area contributed by atoms with E-state index in [9.17, 15) is 14.2 Å². The van der Waals surface area contributed by atoms with Crippen LogP contribution < -0.4 is 20.1 Å². The largest absolute Gasteiger partial charge is 0.491 e. The standard InChI is InChI=1S/C25H29N2O7PS/c1-16(2)33-19-12-17(22(28)27-24-26-10-11-36-24)13-20(14-19)34-18-6-8-21(9-7-18)35(30)32-15-31-23(29)25(3,4)5/h6-14,16,35H,15H2,1-5H3,(H,26,27,28). The van der Waals surface area contributed by atoms with E-state index in [-0.39, 0.29) is 18.8 Å². The number of carbonyl (C=O) groups is 2. The number of esters is 1. The highest BCUT2D eigenvalue weighted by Crippen LogP contribution is 2.30. The van der Waals surface area contributed by atoms with Gasteiger partial charge in [-0.3, -0.25) is 24.0 Å². The van der Waals surface area contributed by atoms with Crippen LogP contribution in [0.1, 0.15) is 45.0 Å². The van der Waals surface area contributed by atoms with Crippen molar-refractivity contribution in [1.29, 1.82) is 0 Å². The quantitative estimate of drug-likeness (QED) is 0.203. The molecule has 9 nitrogen and oxygen atoms in total. The van der Waals surface area contributed by atoms with Gasteiger partial charge in [0.05, 0.1) is 11.5 Å². The first-order chi connectivity index (χ1) is 17.0. The molecule has 1 unspecified atom stereocenters. The van der Waals surface area contributed by atoms with E-state index < -0.39 is 19.4 Å². The summed E-state index contributed by atoms with van der Waals surface area (Å²) in [6.07, 6.45) is 1.50. The van der Waals surface area contributed by atoms with Crippen molar-refractivity contribution in [2.75, 3.05) is 12.1 Å². The molecular weight excluding hydrogens is 503 g/mol. The highest BCUT2D eigenvalue weighted by Gasteiger charge is 2.23. The van der Waals surface area contributed by atoms with Crippen molar-refractivity contribution < 1.29 is 32.9 Å². The van der Waals surface area contributed by atoms with Crippen LogP contribution in [0.15, 0.2) is 54.0 Å². The zero-order valence-electron chi connectivity index (χ0n) is 20.7. The lowest BCUT2D eigenvalue weighted by Gasteiger charge is -2.16. The summed E-state index contributed by atoms with van der Waals surface area (Å²) in [5, 5.41) is 5.44. The number of rotatable bonds is 10. The minimum absolute atomic E-state index is 0.102. The van der Waals surface area contributed by atoms with Crippen molar-refractivity contribution in [2.24, 2.45) is 5.41 Å². The molecule has 0 aliphatic rings. The first-order valence-corrected chi connectivity index (χ1v) is 13.4. The Balaban J connectivity index is 1.68. The predicted molar refractivity (Wildman–Crippen MR) is 139 cm³/mol. The van der Waals surface area contributed by atoms with Gasteiger partial charge in [-0.2, -0.15) is 0 Å². The third-order valence-electron chi connectivity index (χ3n) is 4.48. The first-order valence-electron chi connectivity index (χ1n) is 11.2. The molecule has 3 rings (SSSR count). The number of hydrogen-bond donors (Lipinski definition) is 1. The van der Waals surface area contributed by atoms with Gasteiger partial charge in [0.15, 0.2) is 11.9 Å². The molecular formula is C25H29N2O7PS. The highest BCUT2D eigenvalue weighted by atomic mass is 32.1. The normalized spacial score (nSPS) is 12.2. The lowest BCUT2D eigenvalue weighted by Crippen LogP contribution is -2.23. The van der Waals surface area contributed by atoms with Gasteiger partial charge in [0.1, 0.15) is 17.2 Å². The van der Waals surface area contributed by atoms with E-state index in [4.69, 9.17) is 18.7 Å². The summed E-state index contributed by atoms with van der Waals surface area (Å²) in [5.41, 5.74) is -0.324. The Morgan fingerprint density at radius 2 is 1.75 bits per heavy atom. The predicted octanol–water partition coefficient (Wildman–Crippen LogP) is 5.64. The van der Waals surface area contributed by atoms with Crippen molar-refractivity contribution >= 4 is 41.7 Å². The third kappa shape index (κ3) is 8.19. The molecule has 1 aromatic heterocycles. The SMILES string of the molecule is CC(C)Oc1cc(Oc2ccc([PH](=O)OCOC(=O)C(C)(C)C)cc2)cc(C(=O)Nc2nccs2)c1. The second-order valence-corrected chi connectivity index (χ2v) is 11.3. The summed E-state index contributed by atoms with van der Waals surface area (Å²) < 4.78 is 34.3. The number of amides is 1. The Morgan fingerprint density at radius 3 is 2.36 bits per heavy atom. The van der Waals surface area contributed by atoms with E-state index in [1.165, 1.54) is 11.3 Å². The fourth-order valence-electron chi connectivity index (χ4n) is 2.79. The van der Waals surface area contributed by atoms with Crippen LogP contribution in [-0.2, 0) is 18.6 Å². The molecule has 2 aromatic carbocycles. The Labute approximate surface area is 214 Å². The van der Waals surface area contributed by atoms with Gasteiger partial charge < -0.3 is 14.2 Å². The van der Waals surface area contributed by atoms with Gasteiger partial charge in [-0.05, 0) is 71.0 Å². The summed E-state index contributed by atoms with van der Waals surface area (Å²) >= 11 is 1.31. The number of nitrogens with zero attached hydrogens (tertiary/aromatic N) is 1. The Morgan fingerprint density at radius 1 is 1.06 bits per heavy atom. The summed E-state index contributed by atoms with van der Waals surface area (Å²) in [6.45, 7) is 8.54. The molecule has 0 aliphatic carbocycles. The van der Waals surface area contributed by atoms with E-state index in [1.807, 2.05) is 13.8 Å². The maximum Gasteiger partial charge on any atom is 0.313 e. The molecule has 0 fully saturated rings. The molecule has 11 heteroatoms. The van der Waals surface area contributed by atoms with Crippen LogP contribution in [0.3, 0.4) is 0 Å². The van der Waals surface area contributed by atoms with Crippen molar-refractivity contribution in [3.63, 3.8) is 0 Å². The molecule has 3 aromatic rings. The number of aromatic nitrogens is 1. The van der Waals surface area contributed by atoms with Gasteiger partial charge in [0, 0.05) is 28.5 Å². The van der Waals surface area contributed by atoms with Crippen LogP contribution in [-0.4, -0.2) is 29.8 Å². The number of thiazole rings is 1. The van der Waals surface area contributed by atoms with Crippen molar-refractivity contribution in [2.45, 2.75) is 40.7 Å². The van der Waals surface area contributed by atoms with E-state index in [0.717, 1.165) is 0 Å². The molecule has 36 heavy (non-hydrogen) atoms. The average molecular weight is 533 g/mol. The van der Waals surface area contributed by atoms with Gasteiger partial charge in [-0.15, -0.1) is 11.3 Å². The van der Waals surface area contributed by atoms with Crippen LogP contribution >= 0.6 is 19.4 Å². The summed E-state index contributed by atoms with van der Waals surface area (Å²) in [7, 11) is -2.62. The summed E-state index contributed by atoms with van der Waals surface area (Å²) in [4.78, 5) is 28.6. The number of carbonyl (C=O) groups excluding carboxylic acids is 2. The number of hydrogen-bond acceptors (Lipinski definition) is 9. The van der Waals surface area contributed by atoms with Crippen LogP contribution in [0.25, 0.3) is 0 Å². The smallest absolute Gasteiger partial charge is 0.313 e. The molecule has 1 heterocycles. The first kappa shape index (κ1) is 27.4. The number of ether oxygens (including phenoxy) is 3. The number of nitrogens with one attached hydrogen (secondary N) is 1. The molecule has 192 valence electrons. The maximum atomic E-state index is 12.7. The van der Waals surface area contributed by atoms with Crippen molar-refractivity contribution in [1.82, 2.24) is 4.98 Å². The molecule has 0 saturated heterocycles. The van der Waals surface area contributed by atoms with E-state index in [0.29, 0.717) is 33.2 Å². The van der Waals surface area contributed by atoms with Crippen molar-refractivity contribution in [3.05, 3.63) is 59.6 Å². The van der Waals surface area contributed by atoms with Gasteiger partial charge in [0.25, 0.3) is 5.91 Å². The summed E-state index contributed by atoms with van der Waals surface area (Å²) in [5.74, 6) is 0.544. The molecule has 1 atom stereocenters. The molecule has 0 radical (unpaired) electrons.